The Kier molecular flexibility index (Phi) is 5.01. The van der Waals surface area contributed by atoms with Crippen LogP contribution in [0.15, 0.2) is 24.3 Å². The molecule has 3 N–H and O–H groups in total. The maximum absolute atomic E-state index is 12.2. The maximum atomic E-state index is 12.2. The molecule has 0 bridgehead atoms. The van der Waals surface area contributed by atoms with E-state index in [0.717, 1.165) is 24.1 Å². The summed E-state index contributed by atoms with van der Waals surface area (Å²) in [6.45, 7) is 5.10. The van der Waals surface area contributed by atoms with Gasteiger partial charge in [0, 0.05) is 18.8 Å². The first-order chi connectivity index (χ1) is 9.67. The number of benzene rings is 1. The Balaban J connectivity index is 1.91. The van der Waals surface area contributed by atoms with Crippen LogP contribution in [0.25, 0.3) is 0 Å². The molecule has 1 aromatic carbocycles. The normalized spacial score (nSPS) is 18.5. The molecule has 4 nitrogen and oxygen atoms in total. The van der Waals surface area contributed by atoms with E-state index >= 15 is 0 Å². The molecule has 2 atom stereocenters. The Morgan fingerprint density at radius 2 is 2.10 bits per heavy atom. The topological polar surface area (TPSA) is 61.4 Å². The van der Waals surface area contributed by atoms with Crippen molar-refractivity contribution >= 4 is 11.6 Å². The average molecular weight is 276 g/mol. The van der Waals surface area contributed by atoms with Crippen molar-refractivity contribution in [2.45, 2.75) is 38.7 Å². The lowest BCUT2D eigenvalue weighted by molar-refractivity contribution is -0.122. The number of aliphatic hydroxyl groups excluding tert-OH is 1. The molecule has 1 aliphatic heterocycles. The summed E-state index contributed by atoms with van der Waals surface area (Å²) >= 11 is 0. The van der Waals surface area contributed by atoms with E-state index in [-0.39, 0.29) is 17.7 Å². The van der Waals surface area contributed by atoms with Gasteiger partial charge in [0.15, 0.2) is 0 Å². The SMILES string of the molecule is CCC(CC)C(O)CNC(=O)C1CNc2ccccc21. The maximum Gasteiger partial charge on any atom is 0.229 e. The van der Waals surface area contributed by atoms with Gasteiger partial charge in [-0.1, -0.05) is 44.9 Å². The Labute approximate surface area is 120 Å². The van der Waals surface area contributed by atoms with Crippen LogP contribution in [0, 0.1) is 5.92 Å². The van der Waals surface area contributed by atoms with Crippen LogP contribution in [-0.2, 0) is 4.79 Å². The molecule has 1 aromatic rings. The molecule has 4 heteroatoms. The van der Waals surface area contributed by atoms with Crippen molar-refractivity contribution in [1.82, 2.24) is 5.32 Å². The van der Waals surface area contributed by atoms with Gasteiger partial charge in [-0.2, -0.15) is 0 Å². The zero-order valence-corrected chi connectivity index (χ0v) is 12.2. The third-order valence-electron chi connectivity index (χ3n) is 4.23. The van der Waals surface area contributed by atoms with Gasteiger partial charge in [0.05, 0.1) is 12.0 Å². The van der Waals surface area contributed by atoms with Gasteiger partial charge < -0.3 is 15.7 Å². The summed E-state index contributed by atoms with van der Waals surface area (Å²) < 4.78 is 0. The first-order valence-corrected chi connectivity index (χ1v) is 7.45. The molecule has 0 aromatic heterocycles. The van der Waals surface area contributed by atoms with E-state index in [0.29, 0.717) is 13.1 Å². The minimum absolute atomic E-state index is 0.00699. The highest BCUT2D eigenvalue weighted by Gasteiger charge is 2.28. The van der Waals surface area contributed by atoms with Gasteiger partial charge in [-0.25, -0.2) is 0 Å². The molecular formula is C16H24N2O2. The monoisotopic (exact) mass is 276 g/mol. The van der Waals surface area contributed by atoms with Crippen LogP contribution in [0.4, 0.5) is 5.69 Å². The second-order valence-corrected chi connectivity index (χ2v) is 5.41. The summed E-state index contributed by atoms with van der Waals surface area (Å²) in [5.74, 6) is 0.0943. The summed E-state index contributed by atoms with van der Waals surface area (Å²) in [4.78, 5) is 12.2. The predicted molar refractivity (Wildman–Crippen MR) is 80.8 cm³/mol. The average Bonchev–Trinajstić information content (AvgIpc) is 2.90. The molecule has 0 saturated heterocycles. The van der Waals surface area contributed by atoms with E-state index in [4.69, 9.17) is 0 Å². The summed E-state index contributed by atoms with van der Waals surface area (Å²) in [7, 11) is 0. The molecule has 1 amide bonds. The van der Waals surface area contributed by atoms with Gasteiger partial charge in [0.1, 0.15) is 0 Å². The van der Waals surface area contributed by atoms with Crippen molar-refractivity contribution in [2.24, 2.45) is 5.92 Å². The molecule has 0 radical (unpaired) electrons. The summed E-state index contributed by atoms with van der Waals surface area (Å²) in [6, 6.07) is 7.88. The molecule has 0 spiro atoms. The van der Waals surface area contributed by atoms with Crippen molar-refractivity contribution in [1.29, 1.82) is 0 Å². The summed E-state index contributed by atoms with van der Waals surface area (Å²) in [5, 5.41) is 16.2. The second kappa shape index (κ2) is 6.75. The largest absolute Gasteiger partial charge is 0.391 e. The van der Waals surface area contributed by atoms with Crippen LogP contribution in [0.3, 0.4) is 0 Å². The molecule has 1 aliphatic rings. The highest BCUT2D eigenvalue weighted by Crippen LogP contribution is 2.30. The molecule has 110 valence electrons. The van der Waals surface area contributed by atoms with Crippen molar-refractivity contribution in [3.63, 3.8) is 0 Å². The molecule has 0 aliphatic carbocycles. The first kappa shape index (κ1) is 14.9. The van der Waals surface area contributed by atoms with Crippen molar-refractivity contribution in [3.8, 4) is 0 Å². The predicted octanol–water partition coefficient (Wildman–Crippen LogP) is 2.11. The van der Waals surface area contributed by atoms with Crippen molar-refractivity contribution < 1.29 is 9.90 Å². The lowest BCUT2D eigenvalue weighted by Gasteiger charge is -2.21. The van der Waals surface area contributed by atoms with E-state index in [9.17, 15) is 9.90 Å². The minimum Gasteiger partial charge on any atom is -0.391 e. The van der Waals surface area contributed by atoms with E-state index < -0.39 is 6.10 Å². The van der Waals surface area contributed by atoms with Crippen LogP contribution in [-0.4, -0.2) is 30.2 Å². The van der Waals surface area contributed by atoms with E-state index in [1.165, 1.54) is 0 Å². The minimum atomic E-state index is -0.460. The molecular weight excluding hydrogens is 252 g/mol. The zero-order valence-electron chi connectivity index (χ0n) is 12.2. The van der Waals surface area contributed by atoms with Gasteiger partial charge in [0.2, 0.25) is 5.91 Å². The number of aliphatic hydroxyl groups is 1. The number of amides is 1. The fourth-order valence-electron chi connectivity index (χ4n) is 2.85. The number of anilines is 1. The van der Waals surface area contributed by atoms with Crippen LogP contribution >= 0.6 is 0 Å². The molecule has 0 saturated carbocycles. The fraction of sp³-hybridized carbons (Fsp3) is 0.562. The number of carbonyl (C=O) groups is 1. The fourth-order valence-corrected chi connectivity index (χ4v) is 2.85. The Hall–Kier alpha value is -1.55. The van der Waals surface area contributed by atoms with Crippen molar-refractivity contribution in [3.05, 3.63) is 29.8 Å². The standard InChI is InChI=1S/C16H24N2O2/c1-3-11(4-2)15(19)10-18-16(20)13-9-17-14-8-6-5-7-12(13)14/h5-8,11,13,15,17,19H,3-4,9-10H2,1-2H3,(H,18,20). The number of para-hydroxylation sites is 1. The smallest absolute Gasteiger partial charge is 0.229 e. The molecule has 0 fully saturated rings. The van der Waals surface area contributed by atoms with E-state index in [1.54, 1.807) is 0 Å². The zero-order chi connectivity index (χ0) is 14.5. The first-order valence-electron chi connectivity index (χ1n) is 7.45. The molecule has 20 heavy (non-hydrogen) atoms. The third-order valence-corrected chi connectivity index (χ3v) is 4.23. The number of rotatable bonds is 6. The third kappa shape index (κ3) is 3.12. The van der Waals surface area contributed by atoms with E-state index in [2.05, 4.69) is 24.5 Å². The molecule has 2 rings (SSSR count). The lowest BCUT2D eigenvalue weighted by Crippen LogP contribution is -2.38. The highest BCUT2D eigenvalue weighted by molar-refractivity contribution is 5.88. The quantitative estimate of drug-likeness (QED) is 0.746. The Morgan fingerprint density at radius 3 is 2.80 bits per heavy atom. The van der Waals surface area contributed by atoms with Gasteiger partial charge in [-0.15, -0.1) is 0 Å². The van der Waals surface area contributed by atoms with Crippen LogP contribution < -0.4 is 10.6 Å². The number of fused-ring (bicyclic) bond motifs is 1. The van der Waals surface area contributed by atoms with Crippen LogP contribution in [0.5, 0.6) is 0 Å². The van der Waals surface area contributed by atoms with Crippen LogP contribution in [0.1, 0.15) is 38.2 Å². The summed E-state index contributed by atoms with van der Waals surface area (Å²) in [6.07, 6.45) is 1.40. The highest BCUT2D eigenvalue weighted by atomic mass is 16.3. The van der Waals surface area contributed by atoms with Gasteiger partial charge in [0.25, 0.3) is 0 Å². The Morgan fingerprint density at radius 1 is 1.40 bits per heavy atom. The number of hydrogen-bond donors (Lipinski definition) is 3. The number of carbonyl (C=O) groups excluding carboxylic acids is 1. The second-order valence-electron chi connectivity index (χ2n) is 5.41. The molecule has 1 heterocycles. The van der Waals surface area contributed by atoms with Crippen molar-refractivity contribution in [2.75, 3.05) is 18.4 Å². The lowest BCUT2D eigenvalue weighted by atomic mass is 9.96. The van der Waals surface area contributed by atoms with Crippen LogP contribution in [0.2, 0.25) is 0 Å². The number of nitrogens with one attached hydrogen (secondary N) is 2. The number of hydrogen-bond acceptors (Lipinski definition) is 3. The van der Waals surface area contributed by atoms with Gasteiger partial charge in [-0.3, -0.25) is 4.79 Å². The van der Waals surface area contributed by atoms with E-state index in [1.807, 2.05) is 24.3 Å². The summed E-state index contributed by atoms with van der Waals surface area (Å²) in [5.41, 5.74) is 2.08. The molecule has 2 unspecified atom stereocenters. The van der Waals surface area contributed by atoms with Gasteiger partial charge >= 0.3 is 0 Å². The Bertz CT molecular complexity index is 458. The van der Waals surface area contributed by atoms with Gasteiger partial charge in [-0.05, 0) is 17.5 Å².